The van der Waals surface area contributed by atoms with Gasteiger partial charge in [-0.1, -0.05) is 30.3 Å². The Morgan fingerprint density at radius 2 is 1.81 bits per heavy atom. The largest absolute Gasteiger partial charge is 0.497 e. The van der Waals surface area contributed by atoms with Crippen LogP contribution in [0, 0.1) is 5.92 Å². The molecule has 0 aliphatic heterocycles. The van der Waals surface area contributed by atoms with Crippen LogP contribution in [0.4, 0.5) is 0 Å². The lowest BCUT2D eigenvalue weighted by atomic mass is 9.99. The SMILES string of the molecule is COc1ccc(-c2c(CC3CC3)oc3ccccc23)cc1. The van der Waals surface area contributed by atoms with E-state index in [0.717, 1.165) is 29.4 Å². The fourth-order valence-corrected chi connectivity index (χ4v) is 2.90. The van der Waals surface area contributed by atoms with Gasteiger partial charge in [-0.3, -0.25) is 0 Å². The highest BCUT2D eigenvalue weighted by Crippen LogP contribution is 2.40. The molecule has 1 aromatic heterocycles. The molecular weight excluding hydrogens is 260 g/mol. The van der Waals surface area contributed by atoms with Gasteiger partial charge in [0.05, 0.1) is 7.11 Å². The van der Waals surface area contributed by atoms with E-state index in [-0.39, 0.29) is 0 Å². The minimum absolute atomic E-state index is 0.808. The fourth-order valence-electron chi connectivity index (χ4n) is 2.90. The zero-order chi connectivity index (χ0) is 14.2. The van der Waals surface area contributed by atoms with Gasteiger partial charge in [0.25, 0.3) is 0 Å². The average Bonchev–Trinajstić information content (AvgIpc) is 3.26. The van der Waals surface area contributed by atoms with Crippen molar-refractivity contribution in [3.05, 3.63) is 54.3 Å². The van der Waals surface area contributed by atoms with Gasteiger partial charge in [0.2, 0.25) is 0 Å². The molecule has 3 aromatic rings. The Kier molecular flexibility index (Phi) is 2.95. The lowest BCUT2D eigenvalue weighted by Crippen LogP contribution is -1.88. The summed E-state index contributed by atoms with van der Waals surface area (Å²) in [5.41, 5.74) is 3.44. The van der Waals surface area contributed by atoms with Crippen LogP contribution >= 0.6 is 0 Å². The van der Waals surface area contributed by atoms with E-state index >= 15 is 0 Å². The highest BCUT2D eigenvalue weighted by molar-refractivity contribution is 5.95. The van der Waals surface area contributed by atoms with Crippen LogP contribution in [0.2, 0.25) is 0 Å². The first-order valence-electron chi connectivity index (χ1n) is 7.50. The normalized spacial score (nSPS) is 14.5. The molecule has 0 amide bonds. The van der Waals surface area contributed by atoms with Crippen LogP contribution in [0.25, 0.3) is 22.1 Å². The van der Waals surface area contributed by atoms with E-state index in [4.69, 9.17) is 9.15 Å². The van der Waals surface area contributed by atoms with E-state index in [9.17, 15) is 0 Å². The van der Waals surface area contributed by atoms with E-state index in [0.29, 0.717) is 0 Å². The molecule has 0 radical (unpaired) electrons. The fraction of sp³-hybridized carbons (Fsp3) is 0.263. The van der Waals surface area contributed by atoms with E-state index < -0.39 is 0 Å². The summed E-state index contributed by atoms with van der Waals surface area (Å²) in [7, 11) is 1.70. The van der Waals surface area contributed by atoms with Gasteiger partial charge in [-0.05, 0) is 42.5 Å². The Morgan fingerprint density at radius 3 is 2.52 bits per heavy atom. The minimum Gasteiger partial charge on any atom is -0.497 e. The molecule has 0 N–H and O–H groups in total. The number of hydrogen-bond acceptors (Lipinski definition) is 2. The Hall–Kier alpha value is -2.22. The molecular formula is C19H18O2. The third-order valence-corrected chi connectivity index (χ3v) is 4.22. The quantitative estimate of drug-likeness (QED) is 0.665. The van der Waals surface area contributed by atoms with Gasteiger partial charge >= 0.3 is 0 Å². The van der Waals surface area contributed by atoms with Crippen molar-refractivity contribution in [1.82, 2.24) is 0 Å². The highest BCUT2D eigenvalue weighted by Gasteiger charge is 2.26. The predicted octanol–water partition coefficient (Wildman–Crippen LogP) is 5.06. The summed E-state index contributed by atoms with van der Waals surface area (Å²) in [5, 5.41) is 1.21. The van der Waals surface area contributed by atoms with Crippen molar-refractivity contribution in [2.24, 2.45) is 5.92 Å². The van der Waals surface area contributed by atoms with Gasteiger partial charge in [-0.25, -0.2) is 0 Å². The van der Waals surface area contributed by atoms with Crippen molar-refractivity contribution in [3.8, 4) is 16.9 Å². The van der Waals surface area contributed by atoms with Crippen LogP contribution in [0.5, 0.6) is 5.75 Å². The van der Waals surface area contributed by atoms with Crippen molar-refractivity contribution in [2.45, 2.75) is 19.3 Å². The molecule has 0 bridgehead atoms. The standard InChI is InChI=1S/C19H18O2/c1-20-15-10-8-14(9-11-15)19-16-4-2-3-5-17(16)21-18(19)12-13-6-7-13/h2-5,8-11,13H,6-7,12H2,1H3. The first-order valence-corrected chi connectivity index (χ1v) is 7.50. The molecule has 0 atom stereocenters. The van der Waals surface area contributed by atoms with Gasteiger partial charge < -0.3 is 9.15 Å². The summed E-state index contributed by atoms with van der Waals surface area (Å²) >= 11 is 0. The van der Waals surface area contributed by atoms with Crippen LogP contribution in [0.15, 0.2) is 52.9 Å². The molecule has 2 heteroatoms. The van der Waals surface area contributed by atoms with E-state index in [2.05, 4.69) is 30.3 Å². The smallest absolute Gasteiger partial charge is 0.134 e. The van der Waals surface area contributed by atoms with Crippen LogP contribution in [0.3, 0.4) is 0 Å². The maximum Gasteiger partial charge on any atom is 0.134 e. The Balaban J connectivity index is 1.86. The summed E-state index contributed by atoms with van der Waals surface area (Å²) in [6, 6.07) is 16.6. The molecule has 1 heterocycles. The maximum atomic E-state index is 6.13. The zero-order valence-electron chi connectivity index (χ0n) is 12.1. The number of ether oxygens (including phenoxy) is 1. The van der Waals surface area contributed by atoms with Gasteiger partial charge in [-0.15, -0.1) is 0 Å². The van der Waals surface area contributed by atoms with Gasteiger partial charge in [0, 0.05) is 17.4 Å². The lowest BCUT2D eigenvalue weighted by Gasteiger charge is -2.05. The lowest BCUT2D eigenvalue weighted by molar-refractivity contribution is 0.415. The monoisotopic (exact) mass is 278 g/mol. The van der Waals surface area contributed by atoms with Crippen molar-refractivity contribution >= 4 is 11.0 Å². The average molecular weight is 278 g/mol. The van der Waals surface area contributed by atoms with Crippen LogP contribution < -0.4 is 4.74 Å². The van der Waals surface area contributed by atoms with Crippen molar-refractivity contribution < 1.29 is 9.15 Å². The summed E-state index contributed by atoms with van der Waals surface area (Å²) < 4.78 is 11.4. The summed E-state index contributed by atoms with van der Waals surface area (Å²) in [6.07, 6.45) is 3.72. The molecule has 106 valence electrons. The number of para-hydroxylation sites is 1. The molecule has 0 saturated heterocycles. The second kappa shape index (κ2) is 4.96. The first-order chi connectivity index (χ1) is 10.3. The number of benzene rings is 2. The van der Waals surface area contributed by atoms with E-state index in [1.54, 1.807) is 7.11 Å². The first kappa shape index (κ1) is 12.5. The third kappa shape index (κ3) is 2.31. The van der Waals surface area contributed by atoms with Crippen molar-refractivity contribution in [2.75, 3.05) is 7.11 Å². The number of fused-ring (bicyclic) bond motifs is 1. The van der Waals surface area contributed by atoms with Crippen LogP contribution in [-0.2, 0) is 6.42 Å². The highest BCUT2D eigenvalue weighted by atomic mass is 16.5. The van der Waals surface area contributed by atoms with Gasteiger partial charge in [0.1, 0.15) is 17.1 Å². The zero-order valence-corrected chi connectivity index (χ0v) is 12.1. The summed E-state index contributed by atoms with van der Waals surface area (Å²) in [6.45, 7) is 0. The Morgan fingerprint density at radius 1 is 1.05 bits per heavy atom. The molecule has 2 nitrogen and oxygen atoms in total. The van der Waals surface area contributed by atoms with Gasteiger partial charge in [0.15, 0.2) is 0 Å². The van der Waals surface area contributed by atoms with Crippen molar-refractivity contribution in [3.63, 3.8) is 0 Å². The minimum atomic E-state index is 0.808. The van der Waals surface area contributed by atoms with E-state index in [1.165, 1.54) is 29.4 Å². The second-order valence-electron chi connectivity index (χ2n) is 5.77. The summed E-state index contributed by atoms with van der Waals surface area (Å²) in [5.74, 6) is 2.82. The molecule has 4 rings (SSSR count). The third-order valence-electron chi connectivity index (χ3n) is 4.22. The molecule has 0 unspecified atom stereocenters. The Bertz CT molecular complexity index is 764. The second-order valence-corrected chi connectivity index (χ2v) is 5.77. The van der Waals surface area contributed by atoms with E-state index in [1.807, 2.05) is 18.2 Å². The molecule has 2 aromatic carbocycles. The maximum absolute atomic E-state index is 6.13. The number of methoxy groups -OCH3 is 1. The van der Waals surface area contributed by atoms with Crippen LogP contribution in [0.1, 0.15) is 18.6 Å². The molecule has 1 saturated carbocycles. The molecule has 1 aliphatic carbocycles. The Labute approximate surface area is 124 Å². The summed E-state index contributed by atoms with van der Waals surface area (Å²) in [4.78, 5) is 0. The van der Waals surface area contributed by atoms with Gasteiger partial charge in [-0.2, -0.15) is 0 Å². The molecule has 21 heavy (non-hydrogen) atoms. The van der Waals surface area contributed by atoms with Crippen LogP contribution in [-0.4, -0.2) is 7.11 Å². The number of furan rings is 1. The molecule has 1 fully saturated rings. The molecule has 1 aliphatic rings. The number of hydrogen-bond donors (Lipinski definition) is 0. The number of rotatable bonds is 4. The van der Waals surface area contributed by atoms with Crippen molar-refractivity contribution in [1.29, 1.82) is 0 Å². The molecule has 0 spiro atoms. The topological polar surface area (TPSA) is 22.4 Å². The predicted molar refractivity (Wildman–Crippen MR) is 84.6 cm³/mol.